The molecule has 4 rings (SSSR count). The van der Waals surface area contributed by atoms with Crippen molar-refractivity contribution in [1.29, 1.82) is 0 Å². The molecule has 9 heteroatoms. The van der Waals surface area contributed by atoms with Gasteiger partial charge in [-0.1, -0.05) is 0 Å². The van der Waals surface area contributed by atoms with Gasteiger partial charge in [0.05, 0.1) is 16.9 Å². The van der Waals surface area contributed by atoms with Gasteiger partial charge in [0.1, 0.15) is 17.9 Å². The molecule has 1 amide bonds. The summed E-state index contributed by atoms with van der Waals surface area (Å²) in [6.45, 7) is 5.29. The summed E-state index contributed by atoms with van der Waals surface area (Å²) >= 11 is 0. The molecule has 1 unspecified atom stereocenters. The summed E-state index contributed by atoms with van der Waals surface area (Å²) in [5, 5.41) is 1.63. The smallest absolute Gasteiger partial charge is 0.271 e. The topological polar surface area (TPSA) is 70.1 Å². The molecule has 2 aliphatic heterocycles. The number of hydrogen-bond acceptors (Lipinski definition) is 6. The molecule has 156 valence electrons. The maximum atomic E-state index is 15.2. The number of rotatable bonds is 3. The monoisotopic (exact) mass is 403 g/mol. The number of pyridine rings is 1. The van der Waals surface area contributed by atoms with Crippen molar-refractivity contribution in [3.05, 3.63) is 33.9 Å². The number of nitrogens with one attached hydrogen (secondary N) is 1. The number of amides is 1. The molecule has 1 N–H and O–H groups in total. The van der Waals surface area contributed by atoms with Gasteiger partial charge in [-0.3, -0.25) is 15.0 Å². The molecule has 1 aromatic carbocycles. The van der Waals surface area contributed by atoms with Gasteiger partial charge in [-0.15, -0.1) is 0 Å². The van der Waals surface area contributed by atoms with Crippen molar-refractivity contribution >= 4 is 22.5 Å². The molecule has 1 fully saturated rings. The van der Waals surface area contributed by atoms with Gasteiger partial charge in [0, 0.05) is 46.5 Å². The van der Waals surface area contributed by atoms with Crippen LogP contribution in [0.15, 0.2) is 17.1 Å². The molecular formula is C20H26FN5O3. The van der Waals surface area contributed by atoms with Crippen molar-refractivity contribution < 1.29 is 13.9 Å². The van der Waals surface area contributed by atoms with Crippen LogP contribution in [-0.2, 0) is 0 Å². The first-order valence-corrected chi connectivity index (χ1v) is 9.74. The number of benzene rings is 1. The number of piperazine rings is 1. The Morgan fingerprint density at radius 2 is 1.97 bits per heavy atom. The highest BCUT2D eigenvalue weighted by Crippen LogP contribution is 2.42. The Bertz CT molecular complexity index is 1030. The molecule has 1 saturated heterocycles. The van der Waals surface area contributed by atoms with Crippen molar-refractivity contribution in [2.75, 3.05) is 58.8 Å². The van der Waals surface area contributed by atoms with E-state index in [9.17, 15) is 9.59 Å². The van der Waals surface area contributed by atoms with Gasteiger partial charge in [-0.2, -0.15) is 0 Å². The summed E-state index contributed by atoms with van der Waals surface area (Å²) in [7, 11) is 5.36. The van der Waals surface area contributed by atoms with Gasteiger partial charge in [0.2, 0.25) is 5.43 Å². The normalized spacial score (nSPS) is 19.5. The molecule has 0 bridgehead atoms. The summed E-state index contributed by atoms with van der Waals surface area (Å²) in [4.78, 5) is 29.7. The summed E-state index contributed by atoms with van der Waals surface area (Å²) in [6, 6.07) is 1.15. The van der Waals surface area contributed by atoms with Crippen LogP contribution in [0.3, 0.4) is 0 Å². The Morgan fingerprint density at radius 3 is 2.62 bits per heavy atom. The molecule has 0 radical (unpaired) electrons. The molecule has 0 spiro atoms. The molecule has 0 aliphatic carbocycles. The lowest BCUT2D eigenvalue weighted by molar-refractivity contribution is 0.0854. The maximum absolute atomic E-state index is 15.2. The number of aromatic nitrogens is 1. The van der Waals surface area contributed by atoms with Gasteiger partial charge in [-0.05, 0) is 20.0 Å². The number of halogens is 1. The van der Waals surface area contributed by atoms with Gasteiger partial charge in [0.15, 0.2) is 11.6 Å². The highest BCUT2D eigenvalue weighted by atomic mass is 19.1. The van der Waals surface area contributed by atoms with Crippen molar-refractivity contribution in [2.45, 2.75) is 13.0 Å². The fourth-order valence-corrected chi connectivity index (χ4v) is 3.96. The molecule has 1 atom stereocenters. The first kappa shape index (κ1) is 19.7. The zero-order valence-corrected chi connectivity index (χ0v) is 17.2. The lowest BCUT2D eigenvalue weighted by atomic mass is 10.0. The lowest BCUT2D eigenvalue weighted by Gasteiger charge is -2.37. The van der Waals surface area contributed by atoms with E-state index in [-0.39, 0.29) is 17.0 Å². The van der Waals surface area contributed by atoms with Crippen LogP contribution in [-0.4, -0.2) is 74.3 Å². The minimum absolute atomic E-state index is 0.0161. The number of carbonyl (C=O) groups is 1. The second-order valence-corrected chi connectivity index (χ2v) is 8.00. The largest absolute Gasteiger partial charge is 0.487 e. The third kappa shape index (κ3) is 3.34. The van der Waals surface area contributed by atoms with Crippen LogP contribution in [0, 0.1) is 5.82 Å². The van der Waals surface area contributed by atoms with Gasteiger partial charge in [0.25, 0.3) is 5.91 Å². The predicted molar refractivity (Wildman–Crippen MR) is 109 cm³/mol. The van der Waals surface area contributed by atoms with E-state index in [0.717, 1.165) is 13.1 Å². The van der Waals surface area contributed by atoms with E-state index < -0.39 is 17.2 Å². The van der Waals surface area contributed by atoms with Crippen LogP contribution >= 0.6 is 0 Å². The second-order valence-electron chi connectivity index (χ2n) is 8.00. The van der Waals surface area contributed by atoms with E-state index in [2.05, 4.69) is 10.3 Å². The Morgan fingerprint density at radius 1 is 1.28 bits per heavy atom. The molecule has 2 aliphatic rings. The van der Waals surface area contributed by atoms with E-state index >= 15 is 4.39 Å². The highest BCUT2D eigenvalue weighted by Gasteiger charge is 2.31. The Labute approximate surface area is 168 Å². The van der Waals surface area contributed by atoms with Gasteiger partial charge in [-0.25, -0.2) is 9.40 Å². The van der Waals surface area contributed by atoms with Crippen molar-refractivity contribution in [1.82, 2.24) is 19.9 Å². The van der Waals surface area contributed by atoms with E-state index in [1.165, 1.54) is 11.1 Å². The molecule has 3 heterocycles. The summed E-state index contributed by atoms with van der Waals surface area (Å²) in [5.41, 5.74) is 3.02. The second kappa shape index (κ2) is 7.31. The number of ether oxygens (including phenoxy) is 1. The molecule has 0 saturated carbocycles. The van der Waals surface area contributed by atoms with Gasteiger partial charge >= 0.3 is 0 Å². The van der Waals surface area contributed by atoms with Crippen LogP contribution in [0.4, 0.5) is 10.1 Å². The predicted octanol–water partition coefficient (Wildman–Crippen LogP) is 1.05. The Hall–Kier alpha value is -2.65. The average Bonchev–Trinajstić information content (AvgIpc) is 2.66. The number of anilines is 1. The standard InChI is InChI=1S/C20H26FN5O3/c1-12-11-29-19-16-13(9-15(21)17(19)25-7-5-24(4)6-8-25)18(27)14(10-26(12)16)20(28)22-23(2)3/h9-10,12H,5-8,11H2,1-4H3,(H,22,28). The van der Waals surface area contributed by atoms with Crippen molar-refractivity contribution in [3.63, 3.8) is 0 Å². The quantitative estimate of drug-likeness (QED) is 0.773. The van der Waals surface area contributed by atoms with Crippen LogP contribution in [0.1, 0.15) is 23.3 Å². The number of carbonyl (C=O) groups excluding carboxylic acids is 1. The van der Waals surface area contributed by atoms with Crippen molar-refractivity contribution in [2.24, 2.45) is 0 Å². The van der Waals surface area contributed by atoms with E-state index in [0.29, 0.717) is 36.6 Å². The Kier molecular flexibility index (Phi) is 4.95. The molecular weight excluding hydrogens is 377 g/mol. The van der Waals surface area contributed by atoms with Gasteiger partial charge < -0.3 is 19.1 Å². The SMILES string of the molecule is CC1COc2c(N3CCN(C)CC3)c(F)cc3c(=O)c(C(=O)NN(C)C)cn1c23. The number of hydrogen-bond donors (Lipinski definition) is 1. The lowest BCUT2D eigenvalue weighted by Crippen LogP contribution is -2.45. The third-order valence-corrected chi connectivity index (χ3v) is 5.53. The minimum Gasteiger partial charge on any atom is -0.487 e. The molecule has 29 heavy (non-hydrogen) atoms. The fraction of sp³-hybridized carbons (Fsp3) is 0.500. The summed E-state index contributed by atoms with van der Waals surface area (Å²) < 4.78 is 23.0. The highest BCUT2D eigenvalue weighted by molar-refractivity contribution is 5.99. The maximum Gasteiger partial charge on any atom is 0.271 e. The van der Waals surface area contributed by atoms with Crippen LogP contribution in [0.25, 0.3) is 10.9 Å². The van der Waals surface area contributed by atoms with E-state index in [1.807, 2.05) is 23.4 Å². The Balaban J connectivity index is 1.93. The van der Waals surface area contributed by atoms with Crippen molar-refractivity contribution in [3.8, 4) is 5.75 Å². The van der Waals surface area contributed by atoms with E-state index in [4.69, 9.17) is 4.74 Å². The van der Waals surface area contributed by atoms with Crippen LogP contribution in [0.2, 0.25) is 0 Å². The van der Waals surface area contributed by atoms with Crippen LogP contribution < -0.4 is 20.5 Å². The summed E-state index contributed by atoms with van der Waals surface area (Å²) in [6.07, 6.45) is 1.56. The van der Waals surface area contributed by atoms with E-state index in [1.54, 1.807) is 20.3 Å². The number of likely N-dealkylation sites (N-methyl/N-ethyl adjacent to an activating group) is 1. The average molecular weight is 403 g/mol. The minimum atomic E-state index is -0.519. The zero-order chi connectivity index (χ0) is 20.9. The fourth-order valence-electron chi connectivity index (χ4n) is 3.96. The zero-order valence-electron chi connectivity index (χ0n) is 17.2. The number of nitrogens with zero attached hydrogens (tertiary/aromatic N) is 4. The third-order valence-electron chi connectivity index (χ3n) is 5.53. The van der Waals surface area contributed by atoms with Crippen LogP contribution in [0.5, 0.6) is 5.75 Å². The summed E-state index contributed by atoms with van der Waals surface area (Å²) in [5.74, 6) is -0.630. The molecule has 2 aromatic rings. The first-order valence-electron chi connectivity index (χ1n) is 9.74. The first-order chi connectivity index (χ1) is 13.8. The number of hydrazine groups is 1. The molecule has 8 nitrogen and oxygen atoms in total. The molecule has 1 aromatic heterocycles.